The van der Waals surface area contributed by atoms with Crippen LogP contribution in [0, 0.1) is 0 Å². The van der Waals surface area contributed by atoms with Gasteiger partial charge in [-0.2, -0.15) is 11.8 Å². The van der Waals surface area contributed by atoms with Crippen molar-refractivity contribution in [2.24, 2.45) is 0 Å². The Morgan fingerprint density at radius 3 is 3.00 bits per heavy atom. The first-order valence-corrected chi connectivity index (χ1v) is 9.14. The van der Waals surface area contributed by atoms with Gasteiger partial charge in [0.1, 0.15) is 5.37 Å². The van der Waals surface area contributed by atoms with Crippen LogP contribution in [-0.2, 0) is 9.84 Å². The topological polar surface area (TPSA) is 93.4 Å². The van der Waals surface area contributed by atoms with E-state index in [9.17, 15) is 13.2 Å². The number of hydrogen-bond acceptors (Lipinski definition) is 6. The van der Waals surface area contributed by atoms with E-state index in [1.165, 1.54) is 23.4 Å². The molecule has 0 aliphatic carbocycles. The summed E-state index contributed by atoms with van der Waals surface area (Å²) in [5.74, 6) is 0.784. The van der Waals surface area contributed by atoms with Crippen LogP contribution >= 0.6 is 11.8 Å². The van der Waals surface area contributed by atoms with Crippen LogP contribution in [0.15, 0.2) is 18.5 Å². The molecule has 1 aliphatic rings. The Hall–Kier alpha value is -1.28. The standard InChI is InChI=1S/C12H17N3O3S2/c1-2-20(17,18)11-8-19-6-5-15(11)12(16)9-7-14-4-3-10(9)13/h3-4,7,11H,2,5-6,8H2,1H3,(H2,13,14). The van der Waals surface area contributed by atoms with Crippen LogP contribution in [0.25, 0.3) is 0 Å². The average Bonchev–Trinajstić information content (AvgIpc) is 2.47. The van der Waals surface area contributed by atoms with E-state index in [2.05, 4.69) is 4.98 Å². The maximum absolute atomic E-state index is 12.5. The van der Waals surface area contributed by atoms with E-state index in [0.717, 1.165) is 5.75 Å². The second-order valence-electron chi connectivity index (χ2n) is 4.44. The zero-order valence-electron chi connectivity index (χ0n) is 11.2. The van der Waals surface area contributed by atoms with Gasteiger partial charge in [-0.1, -0.05) is 6.92 Å². The van der Waals surface area contributed by atoms with Gasteiger partial charge in [-0.15, -0.1) is 0 Å². The van der Waals surface area contributed by atoms with Gasteiger partial charge in [-0.05, 0) is 6.07 Å². The average molecular weight is 315 g/mol. The molecule has 0 radical (unpaired) electrons. The van der Waals surface area contributed by atoms with Crippen molar-refractivity contribution >= 4 is 33.2 Å². The molecule has 0 saturated carbocycles. The third-order valence-electron chi connectivity index (χ3n) is 3.25. The van der Waals surface area contributed by atoms with Gasteiger partial charge in [-0.3, -0.25) is 9.78 Å². The van der Waals surface area contributed by atoms with Crippen molar-refractivity contribution in [3.63, 3.8) is 0 Å². The molecular formula is C12H17N3O3S2. The molecular weight excluding hydrogens is 298 g/mol. The molecule has 0 bridgehead atoms. The molecule has 20 heavy (non-hydrogen) atoms. The van der Waals surface area contributed by atoms with E-state index in [4.69, 9.17) is 5.73 Å². The Morgan fingerprint density at radius 1 is 1.60 bits per heavy atom. The molecule has 1 aromatic rings. The second-order valence-corrected chi connectivity index (χ2v) is 8.04. The quantitative estimate of drug-likeness (QED) is 0.878. The number of thioether (sulfide) groups is 1. The van der Waals surface area contributed by atoms with Crippen LogP contribution in [0.5, 0.6) is 0 Å². The Morgan fingerprint density at radius 2 is 2.35 bits per heavy atom. The maximum Gasteiger partial charge on any atom is 0.258 e. The summed E-state index contributed by atoms with van der Waals surface area (Å²) in [6.07, 6.45) is 2.88. The highest BCUT2D eigenvalue weighted by molar-refractivity contribution is 8.01. The van der Waals surface area contributed by atoms with Crippen molar-refractivity contribution in [3.8, 4) is 0 Å². The second kappa shape index (κ2) is 6.01. The number of carbonyl (C=O) groups is 1. The van der Waals surface area contributed by atoms with Crippen molar-refractivity contribution in [2.75, 3.05) is 29.5 Å². The molecule has 1 aromatic heterocycles. The van der Waals surface area contributed by atoms with E-state index in [1.54, 1.807) is 18.7 Å². The first kappa shape index (κ1) is 15.1. The molecule has 2 heterocycles. The van der Waals surface area contributed by atoms with Crippen molar-refractivity contribution < 1.29 is 13.2 Å². The molecule has 110 valence electrons. The Kier molecular flexibility index (Phi) is 4.54. The number of pyridine rings is 1. The number of sulfone groups is 1. The zero-order chi connectivity index (χ0) is 14.8. The highest BCUT2D eigenvalue weighted by Crippen LogP contribution is 2.24. The smallest absolute Gasteiger partial charge is 0.258 e. The molecule has 1 atom stereocenters. The fourth-order valence-electron chi connectivity index (χ4n) is 2.04. The molecule has 0 spiro atoms. The van der Waals surface area contributed by atoms with Crippen molar-refractivity contribution in [1.29, 1.82) is 0 Å². The van der Waals surface area contributed by atoms with Gasteiger partial charge in [-0.25, -0.2) is 8.42 Å². The monoisotopic (exact) mass is 315 g/mol. The van der Waals surface area contributed by atoms with Gasteiger partial charge < -0.3 is 10.6 Å². The number of nitrogens with zero attached hydrogens (tertiary/aromatic N) is 2. The van der Waals surface area contributed by atoms with Crippen LogP contribution in [0.2, 0.25) is 0 Å². The van der Waals surface area contributed by atoms with E-state index in [1.807, 2.05) is 0 Å². The van der Waals surface area contributed by atoms with Gasteiger partial charge in [0, 0.05) is 41.9 Å². The minimum absolute atomic E-state index is 0.0184. The number of aromatic nitrogens is 1. The third-order valence-corrected chi connectivity index (χ3v) is 6.54. The van der Waals surface area contributed by atoms with Gasteiger partial charge in [0.15, 0.2) is 9.84 Å². The minimum atomic E-state index is -3.31. The Bertz CT molecular complexity index is 604. The van der Waals surface area contributed by atoms with E-state index in [-0.39, 0.29) is 17.2 Å². The van der Waals surface area contributed by atoms with Crippen LogP contribution in [0.4, 0.5) is 5.69 Å². The maximum atomic E-state index is 12.5. The fourth-order valence-corrected chi connectivity index (χ4v) is 5.01. The number of carbonyl (C=O) groups excluding carboxylic acids is 1. The fraction of sp³-hybridized carbons (Fsp3) is 0.500. The molecule has 0 aromatic carbocycles. The van der Waals surface area contributed by atoms with E-state index >= 15 is 0 Å². The molecule has 1 aliphatic heterocycles. The van der Waals surface area contributed by atoms with Gasteiger partial charge >= 0.3 is 0 Å². The summed E-state index contributed by atoms with van der Waals surface area (Å²) in [4.78, 5) is 17.8. The highest BCUT2D eigenvalue weighted by Gasteiger charge is 2.36. The molecule has 8 heteroatoms. The summed E-state index contributed by atoms with van der Waals surface area (Å²) >= 11 is 1.55. The first-order chi connectivity index (χ1) is 9.47. The number of nitrogens with two attached hydrogens (primary N) is 1. The molecule has 2 N–H and O–H groups in total. The third kappa shape index (κ3) is 2.90. The number of anilines is 1. The van der Waals surface area contributed by atoms with Crippen LogP contribution in [0.3, 0.4) is 0 Å². The SMILES string of the molecule is CCS(=O)(=O)C1CSCCN1C(=O)c1cnccc1N. The summed E-state index contributed by atoms with van der Waals surface area (Å²) in [5, 5.41) is -0.779. The first-order valence-electron chi connectivity index (χ1n) is 6.27. The molecule has 1 unspecified atom stereocenters. The Balaban J connectivity index is 2.34. The number of amides is 1. The van der Waals surface area contributed by atoms with Crippen LogP contribution < -0.4 is 5.73 Å². The number of nitrogen functional groups attached to an aromatic ring is 1. The lowest BCUT2D eigenvalue weighted by atomic mass is 10.2. The molecule has 1 amide bonds. The molecule has 2 rings (SSSR count). The normalized spacial score (nSPS) is 19.9. The van der Waals surface area contributed by atoms with Gasteiger partial charge in [0.25, 0.3) is 5.91 Å². The number of rotatable bonds is 3. The van der Waals surface area contributed by atoms with E-state index < -0.39 is 15.2 Å². The summed E-state index contributed by atoms with van der Waals surface area (Å²) in [5.41, 5.74) is 6.35. The lowest BCUT2D eigenvalue weighted by Gasteiger charge is -2.34. The van der Waals surface area contributed by atoms with Gasteiger partial charge in [0.05, 0.1) is 5.56 Å². The number of hydrogen-bond donors (Lipinski definition) is 1. The summed E-state index contributed by atoms with van der Waals surface area (Å²) in [7, 11) is -3.31. The molecule has 1 saturated heterocycles. The predicted molar refractivity (Wildman–Crippen MR) is 80.3 cm³/mol. The van der Waals surface area contributed by atoms with Crippen molar-refractivity contribution in [3.05, 3.63) is 24.0 Å². The van der Waals surface area contributed by atoms with Crippen molar-refractivity contribution in [1.82, 2.24) is 9.88 Å². The minimum Gasteiger partial charge on any atom is -0.398 e. The van der Waals surface area contributed by atoms with Crippen LogP contribution in [0.1, 0.15) is 17.3 Å². The predicted octanol–water partition coefficient (Wildman–Crippen LogP) is 0.614. The summed E-state index contributed by atoms with van der Waals surface area (Å²) in [6.45, 7) is 2.00. The lowest BCUT2D eigenvalue weighted by molar-refractivity contribution is 0.0750. The molecule has 6 nitrogen and oxygen atoms in total. The largest absolute Gasteiger partial charge is 0.398 e. The van der Waals surface area contributed by atoms with Crippen LogP contribution in [-0.4, -0.2) is 53.4 Å². The lowest BCUT2D eigenvalue weighted by Crippen LogP contribution is -2.50. The van der Waals surface area contributed by atoms with Crippen molar-refractivity contribution in [2.45, 2.75) is 12.3 Å². The molecule has 1 fully saturated rings. The summed E-state index contributed by atoms with van der Waals surface area (Å²) in [6, 6.07) is 1.54. The van der Waals surface area contributed by atoms with E-state index in [0.29, 0.717) is 18.0 Å². The summed E-state index contributed by atoms with van der Waals surface area (Å²) < 4.78 is 24.3. The highest BCUT2D eigenvalue weighted by atomic mass is 32.2. The van der Waals surface area contributed by atoms with Gasteiger partial charge in [0.2, 0.25) is 0 Å². The zero-order valence-corrected chi connectivity index (χ0v) is 12.8. The Labute approximate surface area is 122 Å².